The van der Waals surface area contributed by atoms with Gasteiger partial charge in [0.15, 0.2) is 0 Å². The third-order valence-corrected chi connectivity index (χ3v) is 15.1. The van der Waals surface area contributed by atoms with E-state index < -0.39 is 66.1 Å². The van der Waals surface area contributed by atoms with Gasteiger partial charge in [-0.15, -0.1) is 0 Å². The third-order valence-electron chi connectivity index (χ3n) is 14.7. The SMILES string of the molecule is CC[C@H](C)[C@@H]([C@@H](CC(=O)N1C2C(C)C2C[C@H]1[C@H](OC)[C@@H](C)C(=O)N[C@@H](Cc1ccccc1Cl)C(=O)O)OC)N(C)C(=O)[C@@H](NC(=O)[C@H](C(C)C)N(C)C(=O)CCCCCN1C(=O)C=CC1=O)C(C)C. The van der Waals surface area contributed by atoms with Gasteiger partial charge in [-0.05, 0) is 60.5 Å². The Balaban J connectivity index is 1.46. The van der Waals surface area contributed by atoms with E-state index >= 15 is 0 Å². The lowest BCUT2D eigenvalue weighted by molar-refractivity contribution is -0.150. The molecule has 0 bridgehead atoms. The fourth-order valence-corrected chi connectivity index (χ4v) is 10.6. The Morgan fingerprint density at radius 1 is 0.870 bits per heavy atom. The summed E-state index contributed by atoms with van der Waals surface area (Å²) >= 11 is 6.32. The van der Waals surface area contributed by atoms with E-state index in [9.17, 15) is 43.5 Å². The lowest BCUT2D eigenvalue weighted by Gasteiger charge is -2.41. The Morgan fingerprint density at radius 2 is 1.51 bits per heavy atom. The van der Waals surface area contributed by atoms with Crippen molar-refractivity contribution in [3.05, 3.63) is 47.0 Å². The van der Waals surface area contributed by atoms with Gasteiger partial charge in [0.2, 0.25) is 29.5 Å². The number of aliphatic carboxylic acids is 1. The lowest BCUT2D eigenvalue weighted by atomic mass is 9.89. The topological polar surface area (TPSA) is 212 Å². The molecule has 2 heterocycles. The Hall–Kier alpha value is -4.87. The average molecular weight is 986 g/mol. The number of piperidine rings is 1. The first kappa shape index (κ1) is 56.7. The van der Waals surface area contributed by atoms with Gasteiger partial charge in [-0.1, -0.05) is 98.0 Å². The molecule has 0 spiro atoms. The van der Waals surface area contributed by atoms with E-state index in [0.29, 0.717) is 42.7 Å². The van der Waals surface area contributed by atoms with Gasteiger partial charge in [0, 0.05) is 70.9 Å². The Bertz CT molecular complexity index is 2030. The second-order valence-corrected chi connectivity index (χ2v) is 20.4. The molecule has 12 atom stereocenters. The molecule has 0 aromatic heterocycles. The van der Waals surface area contributed by atoms with Crippen molar-refractivity contribution in [3.63, 3.8) is 0 Å². The van der Waals surface area contributed by atoms with Crippen LogP contribution in [0.4, 0.5) is 0 Å². The number of fused-ring (bicyclic) bond motifs is 1. The molecule has 1 aliphatic carbocycles. The van der Waals surface area contributed by atoms with Crippen LogP contribution < -0.4 is 10.6 Å². The van der Waals surface area contributed by atoms with Crippen molar-refractivity contribution in [1.82, 2.24) is 30.2 Å². The summed E-state index contributed by atoms with van der Waals surface area (Å²) in [5.74, 6) is -4.96. The van der Waals surface area contributed by atoms with Crippen LogP contribution in [0.15, 0.2) is 36.4 Å². The summed E-state index contributed by atoms with van der Waals surface area (Å²) in [6.45, 7) is 15.3. The van der Waals surface area contributed by atoms with Crippen molar-refractivity contribution in [3.8, 4) is 0 Å². The molecule has 7 amide bonds. The Morgan fingerprint density at radius 3 is 2.06 bits per heavy atom. The van der Waals surface area contributed by atoms with Crippen molar-refractivity contribution in [1.29, 1.82) is 0 Å². The van der Waals surface area contributed by atoms with Gasteiger partial charge in [0.05, 0.1) is 36.6 Å². The Kier molecular flexibility index (Phi) is 20.8. The van der Waals surface area contributed by atoms with Gasteiger partial charge < -0.3 is 39.9 Å². The molecule has 384 valence electrons. The summed E-state index contributed by atoms with van der Waals surface area (Å²) in [6, 6.07) is 2.57. The minimum Gasteiger partial charge on any atom is -0.480 e. The number of unbranched alkanes of at least 4 members (excludes halogenated alkanes) is 2. The molecule has 1 saturated heterocycles. The predicted molar refractivity (Wildman–Crippen MR) is 260 cm³/mol. The number of nitrogens with one attached hydrogen (secondary N) is 2. The van der Waals surface area contributed by atoms with Crippen LogP contribution in [0.2, 0.25) is 5.02 Å². The smallest absolute Gasteiger partial charge is 0.326 e. The van der Waals surface area contributed by atoms with Crippen LogP contribution in [0.5, 0.6) is 0 Å². The maximum absolute atomic E-state index is 14.7. The largest absolute Gasteiger partial charge is 0.480 e. The average Bonchev–Trinajstić information content (AvgIpc) is 3.56. The lowest BCUT2D eigenvalue weighted by Crippen LogP contribution is -2.60. The third kappa shape index (κ3) is 13.7. The number of likely N-dealkylation sites (N-methyl/N-ethyl adjacent to an activating group) is 2. The summed E-state index contributed by atoms with van der Waals surface area (Å²) < 4.78 is 12.1. The number of amides is 7. The molecule has 1 aromatic carbocycles. The predicted octanol–water partition coefficient (Wildman–Crippen LogP) is 4.73. The number of benzene rings is 1. The number of carbonyl (C=O) groups is 8. The summed E-state index contributed by atoms with van der Waals surface area (Å²) in [5, 5.41) is 16.1. The molecule has 2 aliphatic heterocycles. The molecule has 0 radical (unpaired) electrons. The maximum Gasteiger partial charge on any atom is 0.326 e. The normalized spacial score (nSPS) is 22.1. The quantitative estimate of drug-likeness (QED) is 0.0811. The number of rotatable bonds is 27. The highest BCUT2D eigenvalue weighted by Crippen LogP contribution is 2.54. The number of imide groups is 1. The summed E-state index contributed by atoms with van der Waals surface area (Å²) in [5.41, 5.74) is 0.578. The van der Waals surface area contributed by atoms with Gasteiger partial charge in [-0.25, -0.2) is 4.79 Å². The number of nitrogens with zero attached hydrogens (tertiary/aromatic N) is 4. The first-order valence-corrected chi connectivity index (χ1v) is 24.9. The van der Waals surface area contributed by atoms with Crippen LogP contribution in [-0.2, 0) is 54.3 Å². The molecule has 69 heavy (non-hydrogen) atoms. The van der Waals surface area contributed by atoms with Crippen LogP contribution in [0, 0.1) is 35.5 Å². The highest BCUT2D eigenvalue weighted by atomic mass is 35.5. The zero-order chi connectivity index (χ0) is 51.6. The number of methoxy groups -OCH3 is 2. The molecular formula is C51H77ClN6O11. The van der Waals surface area contributed by atoms with E-state index in [-0.39, 0.29) is 91.0 Å². The van der Waals surface area contributed by atoms with Gasteiger partial charge in [-0.3, -0.25) is 38.5 Å². The van der Waals surface area contributed by atoms with Crippen molar-refractivity contribution in [2.45, 2.75) is 155 Å². The van der Waals surface area contributed by atoms with E-state index in [2.05, 4.69) is 17.6 Å². The Labute approximate surface area is 413 Å². The highest BCUT2D eigenvalue weighted by molar-refractivity contribution is 6.31. The van der Waals surface area contributed by atoms with E-state index in [0.717, 1.165) is 0 Å². The van der Waals surface area contributed by atoms with Crippen LogP contribution in [0.1, 0.15) is 106 Å². The number of halogens is 1. The van der Waals surface area contributed by atoms with E-state index in [1.54, 1.807) is 50.2 Å². The molecule has 3 aliphatic rings. The fraction of sp³-hybridized carbons (Fsp3) is 0.686. The van der Waals surface area contributed by atoms with Crippen LogP contribution in [-0.4, -0.2) is 155 Å². The van der Waals surface area contributed by atoms with E-state index in [1.807, 2.05) is 46.4 Å². The van der Waals surface area contributed by atoms with Crippen molar-refractivity contribution < 1.29 is 52.9 Å². The molecule has 18 heteroatoms. The highest BCUT2D eigenvalue weighted by Gasteiger charge is 2.62. The molecule has 2 fully saturated rings. The number of ether oxygens (including phenoxy) is 2. The molecule has 17 nitrogen and oxygen atoms in total. The number of likely N-dealkylation sites (tertiary alicyclic amines) is 1. The summed E-state index contributed by atoms with van der Waals surface area (Å²) in [7, 11) is 6.23. The minimum absolute atomic E-state index is 0.0218. The van der Waals surface area contributed by atoms with Gasteiger partial charge in [-0.2, -0.15) is 0 Å². The first-order chi connectivity index (χ1) is 32.5. The van der Waals surface area contributed by atoms with Gasteiger partial charge in [0.25, 0.3) is 11.8 Å². The first-order valence-electron chi connectivity index (χ1n) is 24.5. The van der Waals surface area contributed by atoms with E-state index in [4.69, 9.17) is 21.1 Å². The standard InChI is InChI=1S/C51H77ClN6O11/c1-13-30(6)45(56(10)50(65)43(28(2)3)54-49(64)44(29(4)5)55(9)39(59)21-15-14-18-24-57-40(60)22-23-41(57)61)38(68-11)27-42(62)58-37(26-34-31(7)46(34)58)47(69-12)32(8)48(63)53-36(51(66)67)25-33-19-16-17-20-35(33)52/h16-17,19-20,22-23,28-32,34,36-38,43-47H,13-15,18,21,24-27H2,1-12H3,(H,53,63)(H,54,64)(H,66,67)/t30-,31?,32+,34?,36-,37-,38+,43-,44-,45-,46?,47+/m0/s1. The molecule has 1 saturated carbocycles. The van der Waals surface area contributed by atoms with Crippen molar-refractivity contribution in [2.24, 2.45) is 35.5 Å². The number of carboxylic acid groups (broad SMARTS) is 1. The number of hydrogen-bond acceptors (Lipinski definition) is 10. The molecular weight excluding hydrogens is 908 g/mol. The minimum atomic E-state index is -1.25. The maximum atomic E-state index is 14.7. The molecule has 4 rings (SSSR count). The zero-order valence-electron chi connectivity index (χ0n) is 42.6. The number of carbonyl (C=O) groups excluding carboxylic acids is 7. The molecule has 3 N–H and O–H groups in total. The van der Waals surface area contributed by atoms with Gasteiger partial charge >= 0.3 is 5.97 Å². The summed E-state index contributed by atoms with van der Waals surface area (Å²) in [6.07, 6.45) is 3.89. The van der Waals surface area contributed by atoms with Crippen molar-refractivity contribution >= 4 is 58.9 Å². The van der Waals surface area contributed by atoms with Crippen molar-refractivity contribution in [2.75, 3.05) is 34.9 Å². The second-order valence-electron chi connectivity index (χ2n) is 20.0. The molecule has 3 unspecified atom stereocenters. The molecule has 1 aromatic rings. The van der Waals surface area contributed by atoms with Crippen LogP contribution >= 0.6 is 11.6 Å². The zero-order valence-corrected chi connectivity index (χ0v) is 43.4. The summed E-state index contributed by atoms with van der Waals surface area (Å²) in [4.78, 5) is 113. The van der Waals surface area contributed by atoms with Gasteiger partial charge in [0.1, 0.15) is 18.1 Å². The van der Waals surface area contributed by atoms with Crippen LogP contribution in [0.25, 0.3) is 0 Å². The van der Waals surface area contributed by atoms with Crippen LogP contribution in [0.3, 0.4) is 0 Å². The fourth-order valence-electron chi connectivity index (χ4n) is 10.4. The monoisotopic (exact) mass is 985 g/mol. The number of hydrogen-bond donors (Lipinski definition) is 3. The number of carboxylic acids is 1. The second kappa shape index (κ2) is 25.3. The van der Waals surface area contributed by atoms with E-state index in [1.165, 1.54) is 36.2 Å².